The molecular weight excluding hydrogens is 406 g/mol. The lowest BCUT2D eigenvalue weighted by Gasteiger charge is -2.14. The predicted octanol–water partition coefficient (Wildman–Crippen LogP) is 1.70. The standard InChI is InChI=1S/C13H8ClF4N3O4S/c14-5-1-6(15)7(2-8(5)26-4-11(23)24)20-10(22)3-9(13(16,17)18)21(19)12(20)25/h1-3H,4,19H2,(H,23,24). The second-order valence-corrected chi connectivity index (χ2v) is 6.19. The molecule has 0 aliphatic heterocycles. The zero-order valence-electron chi connectivity index (χ0n) is 12.4. The molecule has 0 spiro atoms. The number of aliphatic carboxylic acids is 1. The number of rotatable bonds is 4. The molecular formula is C13H8ClF4N3O4S. The average molecular weight is 414 g/mol. The molecule has 7 nitrogen and oxygen atoms in total. The number of hydrogen-bond acceptors (Lipinski definition) is 5. The summed E-state index contributed by atoms with van der Waals surface area (Å²) in [7, 11) is 0. The summed E-state index contributed by atoms with van der Waals surface area (Å²) in [4.78, 5) is 34.7. The molecule has 1 heterocycles. The lowest BCUT2D eigenvalue weighted by molar-refractivity contribution is -0.143. The highest BCUT2D eigenvalue weighted by molar-refractivity contribution is 8.00. The number of carboxylic acid groups (broad SMARTS) is 1. The van der Waals surface area contributed by atoms with Crippen LogP contribution in [0.5, 0.6) is 0 Å². The van der Waals surface area contributed by atoms with Gasteiger partial charge in [0, 0.05) is 11.0 Å². The maximum atomic E-state index is 14.2. The second-order valence-electron chi connectivity index (χ2n) is 4.77. The van der Waals surface area contributed by atoms with Crippen molar-refractivity contribution in [2.75, 3.05) is 11.6 Å². The van der Waals surface area contributed by atoms with Crippen LogP contribution in [0.4, 0.5) is 17.6 Å². The topological polar surface area (TPSA) is 107 Å². The molecule has 2 rings (SSSR count). The average Bonchev–Trinajstić information content (AvgIpc) is 2.50. The highest BCUT2D eigenvalue weighted by atomic mass is 35.5. The second kappa shape index (κ2) is 7.03. The van der Waals surface area contributed by atoms with Crippen molar-refractivity contribution < 1.29 is 27.5 Å². The number of nitrogens with two attached hydrogens (primary N) is 1. The molecule has 0 saturated heterocycles. The highest BCUT2D eigenvalue weighted by Gasteiger charge is 2.36. The number of carboxylic acids is 1. The Kier molecular flexibility index (Phi) is 5.37. The Morgan fingerprint density at radius 2 is 1.88 bits per heavy atom. The third-order valence-corrected chi connectivity index (χ3v) is 4.49. The van der Waals surface area contributed by atoms with E-state index in [0.29, 0.717) is 17.8 Å². The lowest BCUT2D eigenvalue weighted by atomic mass is 10.3. The first-order valence-electron chi connectivity index (χ1n) is 6.49. The van der Waals surface area contributed by atoms with Crippen LogP contribution in [-0.2, 0) is 11.0 Å². The zero-order chi connectivity index (χ0) is 19.8. The van der Waals surface area contributed by atoms with Crippen LogP contribution in [0, 0.1) is 5.82 Å². The maximum absolute atomic E-state index is 14.2. The van der Waals surface area contributed by atoms with Crippen LogP contribution in [0.3, 0.4) is 0 Å². The van der Waals surface area contributed by atoms with Gasteiger partial charge in [-0.25, -0.2) is 18.4 Å². The SMILES string of the molecule is Nn1c(C(F)(F)F)cc(=O)n(-c2cc(SCC(=O)O)c(Cl)cc2F)c1=O. The fourth-order valence-corrected chi connectivity index (χ4v) is 2.92. The monoisotopic (exact) mass is 413 g/mol. The molecule has 13 heteroatoms. The summed E-state index contributed by atoms with van der Waals surface area (Å²) in [6, 6.07) is 1.62. The molecule has 140 valence electrons. The fraction of sp³-hybridized carbons (Fsp3) is 0.154. The summed E-state index contributed by atoms with van der Waals surface area (Å²) in [6.07, 6.45) is -5.08. The lowest BCUT2D eigenvalue weighted by Crippen LogP contribution is -2.45. The molecule has 0 unspecified atom stereocenters. The molecule has 0 saturated carbocycles. The number of nitrogens with zero attached hydrogens (tertiary/aromatic N) is 2. The van der Waals surface area contributed by atoms with E-state index in [0.717, 1.165) is 6.07 Å². The highest BCUT2D eigenvalue weighted by Crippen LogP contribution is 2.31. The van der Waals surface area contributed by atoms with E-state index in [1.807, 2.05) is 0 Å². The van der Waals surface area contributed by atoms with E-state index in [9.17, 15) is 31.9 Å². The molecule has 0 amide bonds. The Bertz CT molecular complexity index is 1000. The summed E-state index contributed by atoms with van der Waals surface area (Å²) in [5.74, 6) is 2.22. The number of nitrogen functional groups attached to an aromatic ring is 1. The van der Waals surface area contributed by atoms with Gasteiger partial charge in [0.1, 0.15) is 5.82 Å². The quantitative estimate of drug-likeness (QED) is 0.449. The molecule has 0 aliphatic carbocycles. The first-order valence-corrected chi connectivity index (χ1v) is 7.85. The molecule has 0 aliphatic rings. The summed E-state index contributed by atoms with van der Waals surface area (Å²) in [6.45, 7) is 0. The Balaban J connectivity index is 2.71. The van der Waals surface area contributed by atoms with Gasteiger partial charge in [-0.15, -0.1) is 11.8 Å². The maximum Gasteiger partial charge on any atom is 0.433 e. The van der Waals surface area contributed by atoms with Gasteiger partial charge in [0.25, 0.3) is 5.56 Å². The molecule has 3 N–H and O–H groups in total. The largest absolute Gasteiger partial charge is 0.481 e. The summed E-state index contributed by atoms with van der Waals surface area (Å²) < 4.78 is 52.2. The van der Waals surface area contributed by atoms with Crippen molar-refractivity contribution in [1.82, 2.24) is 9.24 Å². The van der Waals surface area contributed by atoms with E-state index in [-0.39, 0.29) is 25.2 Å². The Hall–Kier alpha value is -2.47. The normalized spacial score (nSPS) is 11.6. The molecule has 0 bridgehead atoms. The van der Waals surface area contributed by atoms with Crippen LogP contribution < -0.4 is 17.1 Å². The first-order chi connectivity index (χ1) is 11.9. The minimum atomic E-state index is -5.08. The van der Waals surface area contributed by atoms with E-state index >= 15 is 0 Å². The van der Waals surface area contributed by atoms with Crippen LogP contribution in [-0.4, -0.2) is 26.1 Å². The van der Waals surface area contributed by atoms with Crippen molar-refractivity contribution in [3.63, 3.8) is 0 Å². The molecule has 26 heavy (non-hydrogen) atoms. The molecule has 0 atom stereocenters. The first kappa shape index (κ1) is 19.8. The fourth-order valence-electron chi connectivity index (χ4n) is 1.94. The van der Waals surface area contributed by atoms with Crippen LogP contribution in [0.1, 0.15) is 5.69 Å². The van der Waals surface area contributed by atoms with Crippen molar-refractivity contribution >= 4 is 29.3 Å². The van der Waals surface area contributed by atoms with Crippen LogP contribution in [0.15, 0.2) is 32.7 Å². The number of halogens is 5. The molecule has 2 aromatic rings. The van der Waals surface area contributed by atoms with E-state index in [4.69, 9.17) is 22.6 Å². The third kappa shape index (κ3) is 3.85. The van der Waals surface area contributed by atoms with E-state index in [2.05, 4.69) is 0 Å². The van der Waals surface area contributed by atoms with Gasteiger partial charge in [-0.05, 0) is 12.1 Å². The van der Waals surface area contributed by atoms with Gasteiger partial charge in [0.05, 0.1) is 16.5 Å². The molecule has 1 aromatic heterocycles. The number of benzene rings is 1. The Morgan fingerprint density at radius 3 is 2.42 bits per heavy atom. The van der Waals surface area contributed by atoms with Gasteiger partial charge >= 0.3 is 17.8 Å². The minimum Gasteiger partial charge on any atom is -0.481 e. The van der Waals surface area contributed by atoms with Crippen molar-refractivity contribution in [2.24, 2.45) is 0 Å². The van der Waals surface area contributed by atoms with Crippen molar-refractivity contribution in [3.8, 4) is 5.69 Å². The predicted molar refractivity (Wildman–Crippen MR) is 84.8 cm³/mol. The van der Waals surface area contributed by atoms with Gasteiger partial charge < -0.3 is 10.9 Å². The third-order valence-electron chi connectivity index (χ3n) is 3.02. The summed E-state index contributed by atoms with van der Waals surface area (Å²) in [5, 5.41) is 8.47. The Labute approximate surface area is 150 Å². The molecule has 0 radical (unpaired) electrons. The van der Waals surface area contributed by atoms with Crippen LogP contribution in [0.25, 0.3) is 5.69 Å². The van der Waals surface area contributed by atoms with E-state index in [1.165, 1.54) is 0 Å². The summed E-state index contributed by atoms with van der Waals surface area (Å²) in [5.41, 5.74) is -5.54. The number of thioether (sulfide) groups is 1. The number of alkyl halides is 3. The number of carbonyl (C=O) groups is 1. The molecule has 0 fully saturated rings. The molecule has 1 aromatic carbocycles. The minimum absolute atomic E-state index is 0.000219. The van der Waals surface area contributed by atoms with Crippen LogP contribution >= 0.6 is 23.4 Å². The van der Waals surface area contributed by atoms with Crippen molar-refractivity contribution in [3.05, 3.63) is 55.6 Å². The van der Waals surface area contributed by atoms with E-state index in [1.54, 1.807) is 0 Å². The van der Waals surface area contributed by atoms with Gasteiger partial charge in [-0.3, -0.25) is 9.59 Å². The van der Waals surface area contributed by atoms with Crippen LogP contribution in [0.2, 0.25) is 5.02 Å². The van der Waals surface area contributed by atoms with Gasteiger partial charge in [0.15, 0.2) is 5.69 Å². The summed E-state index contributed by atoms with van der Waals surface area (Å²) >= 11 is 6.43. The smallest absolute Gasteiger partial charge is 0.433 e. The van der Waals surface area contributed by atoms with E-state index < -0.39 is 46.3 Å². The van der Waals surface area contributed by atoms with Gasteiger partial charge in [-0.1, -0.05) is 11.6 Å². The zero-order valence-corrected chi connectivity index (χ0v) is 14.0. The van der Waals surface area contributed by atoms with Gasteiger partial charge in [0.2, 0.25) is 0 Å². The van der Waals surface area contributed by atoms with Gasteiger partial charge in [-0.2, -0.15) is 13.2 Å². The van der Waals surface area contributed by atoms with Crippen molar-refractivity contribution in [2.45, 2.75) is 11.1 Å². The Morgan fingerprint density at radius 1 is 1.27 bits per heavy atom. The number of hydrogen-bond donors (Lipinski definition) is 2. The van der Waals surface area contributed by atoms with Crippen molar-refractivity contribution in [1.29, 1.82) is 0 Å². The number of aromatic nitrogens is 2.